The average molecular weight is 292 g/mol. The van der Waals surface area contributed by atoms with Crippen molar-refractivity contribution in [3.63, 3.8) is 0 Å². The third-order valence-electron chi connectivity index (χ3n) is 3.17. The number of phenolic OH excluding ortho intramolecular Hbond substituents is 1. The fourth-order valence-corrected chi connectivity index (χ4v) is 2.21. The fraction of sp³-hybridized carbons (Fsp3) is 0.333. The molecule has 2 aromatic rings. The summed E-state index contributed by atoms with van der Waals surface area (Å²) in [7, 11) is 1.45. The number of ether oxygens (including phenoxy) is 2. The molecule has 0 amide bonds. The van der Waals surface area contributed by atoms with E-state index in [4.69, 9.17) is 13.9 Å². The first-order valence-corrected chi connectivity index (χ1v) is 6.46. The van der Waals surface area contributed by atoms with Gasteiger partial charge in [0, 0.05) is 12.1 Å². The number of hydrogen-bond acceptors (Lipinski definition) is 6. The van der Waals surface area contributed by atoms with Gasteiger partial charge in [0.1, 0.15) is 17.1 Å². The van der Waals surface area contributed by atoms with Crippen molar-refractivity contribution in [2.24, 2.45) is 0 Å². The SMILES string of the molecule is CCOC(=O)Cc1c(C)c2c(OC)cc(O)cc2oc1=O. The Morgan fingerprint density at radius 1 is 1.38 bits per heavy atom. The van der Waals surface area contributed by atoms with Crippen LogP contribution < -0.4 is 10.4 Å². The van der Waals surface area contributed by atoms with E-state index in [9.17, 15) is 14.7 Å². The second-order valence-corrected chi connectivity index (χ2v) is 4.50. The Morgan fingerprint density at radius 3 is 2.71 bits per heavy atom. The van der Waals surface area contributed by atoms with Gasteiger partial charge < -0.3 is 19.0 Å². The summed E-state index contributed by atoms with van der Waals surface area (Å²) in [6.07, 6.45) is -0.165. The zero-order valence-corrected chi connectivity index (χ0v) is 12.1. The Labute approximate surface area is 120 Å². The minimum absolute atomic E-state index is 0.0694. The Balaban J connectivity index is 2.66. The number of fused-ring (bicyclic) bond motifs is 1. The number of carbonyl (C=O) groups excluding carboxylic acids is 1. The van der Waals surface area contributed by atoms with Crippen LogP contribution in [0.3, 0.4) is 0 Å². The summed E-state index contributed by atoms with van der Waals surface area (Å²) in [5, 5.41) is 10.1. The molecule has 0 radical (unpaired) electrons. The molecule has 6 nitrogen and oxygen atoms in total. The van der Waals surface area contributed by atoms with Crippen LogP contribution in [0.15, 0.2) is 21.3 Å². The van der Waals surface area contributed by atoms with Gasteiger partial charge in [-0.05, 0) is 19.4 Å². The summed E-state index contributed by atoms with van der Waals surface area (Å²) < 4.78 is 15.2. The first kappa shape index (κ1) is 14.9. The summed E-state index contributed by atoms with van der Waals surface area (Å²) >= 11 is 0. The third-order valence-corrected chi connectivity index (χ3v) is 3.17. The normalized spacial score (nSPS) is 10.6. The fourth-order valence-electron chi connectivity index (χ4n) is 2.21. The van der Waals surface area contributed by atoms with Gasteiger partial charge in [0.25, 0.3) is 0 Å². The van der Waals surface area contributed by atoms with E-state index in [0.29, 0.717) is 16.7 Å². The van der Waals surface area contributed by atoms with Gasteiger partial charge in [0.2, 0.25) is 0 Å². The molecular weight excluding hydrogens is 276 g/mol. The Hall–Kier alpha value is -2.50. The van der Waals surface area contributed by atoms with E-state index in [1.54, 1.807) is 13.8 Å². The molecule has 0 unspecified atom stereocenters. The number of rotatable bonds is 4. The van der Waals surface area contributed by atoms with E-state index >= 15 is 0 Å². The average Bonchev–Trinajstić information content (AvgIpc) is 2.42. The molecule has 1 aromatic carbocycles. The van der Waals surface area contributed by atoms with E-state index < -0.39 is 11.6 Å². The lowest BCUT2D eigenvalue weighted by Crippen LogP contribution is -2.17. The maximum absolute atomic E-state index is 12.0. The molecule has 1 heterocycles. The quantitative estimate of drug-likeness (QED) is 0.684. The highest BCUT2D eigenvalue weighted by atomic mass is 16.5. The topological polar surface area (TPSA) is 86.0 Å². The number of methoxy groups -OCH3 is 1. The minimum atomic E-state index is -0.624. The lowest BCUT2D eigenvalue weighted by molar-refractivity contribution is -0.142. The van der Waals surface area contributed by atoms with Crippen molar-refractivity contribution in [3.8, 4) is 11.5 Å². The largest absolute Gasteiger partial charge is 0.508 e. The van der Waals surface area contributed by atoms with Crippen LogP contribution in [0.2, 0.25) is 0 Å². The van der Waals surface area contributed by atoms with Gasteiger partial charge in [-0.1, -0.05) is 0 Å². The van der Waals surface area contributed by atoms with Crippen LogP contribution in [-0.4, -0.2) is 24.8 Å². The molecule has 0 atom stereocenters. The second-order valence-electron chi connectivity index (χ2n) is 4.50. The van der Waals surface area contributed by atoms with Gasteiger partial charge in [0.05, 0.1) is 31.1 Å². The molecule has 0 aliphatic rings. The molecule has 0 spiro atoms. The van der Waals surface area contributed by atoms with Crippen molar-refractivity contribution in [2.75, 3.05) is 13.7 Å². The van der Waals surface area contributed by atoms with E-state index in [1.807, 2.05) is 0 Å². The number of carbonyl (C=O) groups is 1. The molecule has 0 saturated heterocycles. The van der Waals surface area contributed by atoms with Gasteiger partial charge >= 0.3 is 11.6 Å². The van der Waals surface area contributed by atoms with Crippen LogP contribution >= 0.6 is 0 Å². The van der Waals surface area contributed by atoms with Gasteiger partial charge in [-0.25, -0.2) is 4.79 Å². The summed E-state index contributed by atoms with van der Waals surface area (Å²) in [4.78, 5) is 23.6. The van der Waals surface area contributed by atoms with Crippen molar-refractivity contribution < 1.29 is 23.8 Å². The summed E-state index contributed by atoms with van der Waals surface area (Å²) in [5.41, 5.74) is 0.388. The van der Waals surface area contributed by atoms with Crippen molar-refractivity contribution >= 4 is 16.9 Å². The number of aromatic hydroxyl groups is 1. The Kier molecular flexibility index (Phi) is 4.16. The zero-order valence-electron chi connectivity index (χ0n) is 12.1. The molecule has 21 heavy (non-hydrogen) atoms. The molecule has 2 rings (SSSR count). The molecule has 1 N–H and O–H groups in total. The van der Waals surface area contributed by atoms with Crippen LogP contribution in [0.5, 0.6) is 11.5 Å². The summed E-state index contributed by atoms with van der Waals surface area (Å²) in [5.74, 6) is -0.193. The number of hydrogen-bond donors (Lipinski definition) is 1. The highest BCUT2D eigenvalue weighted by molar-refractivity contribution is 5.89. The van der Waals surface area contributed by atoms with Gasteiger partial charge in [-0.15, -0.1) is 0 Å². The minimum Gasteiger partial charge on any atom is -0.508 e. The standard InChI is InChI=1S/C15H16O6/c1-4-20-13(17)7-10-8(2)14-11(19-3)5-9(16)6-12(14)21-15(10)18/h5-6,16H,4,7H2,1-3H3. The summed E-state index contributed by atoms with van der Waals surface area (Å²) in [6.45, 7) is 3.64. The van der Waals surface area contributed by atoms with E-state index in [1.165, 1.54) is 19.2 Å². The molecule has 0 saturated carbocycles. The van der Waals surface area contributed by atoms with Crippen LogP contribution in [-0.2, 0) is 16.0 Å². The molecule has 0 aliphatic carbocycles. The molecule has 1 aromatic heterocycles. The molecule has 6 heteroatoms. The molecule has 0 fully saturated rings. The second kappa shape index (κ2) is 5.87. The lowest BCUT2D eigenvalue weighted by Gasteiger charge is -2.11. The Morgan fingerprint density at radius 2 is 2.10 bits per heavy atom. The smallest absolute Gasteiger partial charge is 0.340 e. The third kappa shape index (κ3) is 2.84. The maximum atomic E-state index is 12.0. The van der Waals surface area contributed by atoms with E-state index in [-0.39, 0.29) is 29.9 Å². The number of phenols is 1. The number of aryl methyl sites for hydroxylation is 1. The van der Waals surface area contributed by atoms with Crippen LogP contribution in [0.1, 0.15) is 18.1 Å². The molecule has 0 bridgehead atoms. The van der Waals surface area contributed by atoms with Crippen molar-refractivity contribution in [2.45, 2.75) is 20.3 Å². The monoisotopic (exact) mass is 292 g/mol. The van der Waals surface area contributed by atoms with Crippen LogP contribution in [0.25, 0.3) is 11.0 Å². The summed E-state index contributed by atoms with van der Waals surface area (Å²) in [6, 6.07) is 2.75. The van der Waals surface area contributed by atoms with Crippen molar-refractivity contribution in [3.05, 3.63) is 33.7 Å². The first-order chi connectivity index (χ1) is 9.97. The maximum Gasteiger partial charge on any atom is 0.340 e. The lowest BCUT2D eigenvalue weighted by atomic mass is 10.0. The highest BCUT2D eigenvalue weighted by Gasteiger charge is 2.18. The van der Waals surface area contributed by atoms with Gasteiger partial charge in [-0.2, -0.15) is 0 Å². The predicted octanol–water partition coefficient (Wildman–Crippen LogP) is 1.92. The molecular formula is C15H16O6. The zero-order chi connectivity index (χ0) is 15.6. The number of esters is 1. The first-order valence-electron chi connectivity index (χ1n) is 6.46. The van der Waals surface area contributed by atoms with E-state index in [2.05, 4.69) is 0 Å². The Bertz CT molecular complexity index is 744. The van der Waals surface area contributed by atoms with Crippen LogP contribution in [0, 0.1) is 6.92 Å². The molecule has 112 valence electrons. The predicted molar refractivity (Wildman–Crippen MR) is 75.8 cm³/mol. The van der Waals surface area contributed by atoms with E-state index in [0.717, 1.165) is 0 Å². The highest BCUT2D eigenvalue weighted by Crippen LogP contribution is 2.33. The van der Waals surface area contributed by atoms with Gasteiger partial charge in [-0.3, -0.25) is 4.79 Å². The number of benzene rings is 1. The van der Waals surface area contributed by atoms with Gasteiger partial charge in [0.15, 0.2) is 0 Å². The molecule has 0 aliphatic heterocycles. The van der Waals surface area contributed by atoms with Crippen molar-refractivity contribution in [1.82, 2.24) is 0 Å². The van der Waals surface area contributed by atoms with Crippen molar-refractivity contribution in [1.29, 1.82) is 0 Å². The van der Waals surface area contributed by atoms with Crippen LogP contribution in [0.4, 0.5) is 0 Å².